The average Bonchev–Trinajstić information content (AvgIpc) is 2.56. The van der Waals surface area contributed by atoms with Crippen molar-refractivity contribution in [3.8, 4) is 0 Å². The van der Waals surface area contributed by atoms with E-state index < -0.39 is 17.9 Å². The van der Waals surface area contributed by atoms with Crippen molar-refractivity contribution in [2.24, 2.45) is 0 Å². The first-order valence-electron chi connectivity index (χ1n) is 7.82. The van der Waals surface area contributed by atoms with Gasteiger partial charge in [0.15, 0.2) is 0 Å². The molecule has 0 fully saturated rings. The maximum absolute atomic E-state index is 12.6. The number of hydrogen-bond acceptors (Lipinski definition) is 4. The van der Waals surface area contributed by atoms with E-state index in [2.05, 4.69) is 5.32 Å². The second kappa shape index (κ2) is 9.46. The number of esters is 1. The van der Waals surface area contributed by atoms with Gasteiger partial charge in [0.2, 0.25) is 0 Å². The summed E-state index contributed by atoms with van der Waals surface area (Å²) < 4.78 is 4.82. The third-order valence-corrected chi connectivity index (χ3v) is 4.33. The monoisotopic (exact) mass is 396 g/mol. The number of amides is 1. The second-order valence-corrected chi connectivity index (χ2v) is 6.28. The van der Waals surface area contributed by atoms with Gasteiger partial charge in [-0.1, -0.05) is 35.9 Å². The number of anilines is 1. The standard InChI is InChI=1S/C19H21ClN2O3.ClH/c1-11-5-4-6-14(20)17(11)18(23)22-16(19(24)25-3)10-13-7-8-15(21)12(2)9-13;/h4-9,16H,10,21H2,1-3H3,(H,22,23);1H/t16-;/m0./s1. The van der Waals surface area contributed by atoms with Crippen molar-refractivity contribution >= 4 is 41.6 Å². The van der Waals surface area contributed by atoms with Gasteiger partial charge in [0.25, 0.3) is 5.91 Å². The van der Waals surface area contributed by atoms with Crippen LogP contribution in [0.5, 0.6) is 0 Å². The molecule has 2 aromatic rings. The van der Waals surface area contributed by atoms with Crippen molar-refractivity contribution in [2.75, 3.05) is 12.8 Å². The quantitative estimate of drug-likeness (QED) is 0.598. The largest absolute Gasteiger partial charge is 0.467 e. The number of rotatable bonds is 5. The summed E-state index contributed by atoms with van der Waals surface area (Å²) in [5.41, 5.74) is 9.37. The Labute approximate surface area is 164 Å². The summed E-state index contributed by atoms with van der Waals surface area (Å²) in [5, 5.41) is 3.06. The highest BCUT2D eigenvalue weighted by molar-refractivity contribution is 6.34. The first-order chi connectivity index (χ1) is 11.8. The Morgan fingerprint density at radius 2 is 1.88 bits per heavy atom. The fourth-order valence-electron chi connectivity index (χ4n) is 2.59. The number of nitrogens with two attached hydrogens (primary N) is 1. The van der Waals surface area contributed by atoms with E-state index in [4.69, 9.17) is 22.1 Å². The molecule has 0 aliphatic rings. The van der Waals surface area contributed by atoms with Crippen LogP contribution in [-0.2, 0) is 16.0 Å². The molecular weight excluding hydrogens is 375 g/mol. The van der Waals surface area contributed by atoms with E-state index in [1.54, 1.807) is 31.2 Å². The van der Waals surface area contributed by atoms with Crippen molar-refractivity contribution in [3.63, 3.8) is 0 Å². The summed E-state index contributed by atoms with van der Waals surface area (Å²) in [6, 6.07) is 9.86. The van der Waals surface area contributed by atoms with Crippen molar-refractivity contribution in [1.82, 2.24) is 5.32 Å². The van der Waals surface area contributed by atoms with Gasteiger partial charge in [0.05, 0.1) is 17.7 Å². The number of ether oxygens (including phenoxy) is 1. The Balaban J connectivity index is 0.00000338. The number of benzene rings is 2. The van der Waals surface area contributed by atoms with E-state index in [1.165, 1.54) is 7.11 Å². The van der Waals surface area contributed by atoms with Crippen LogP contribution in [0.1, 0.15) is 27.0 Å². The molecule has 0 heterocycles. The van der Waals surface area contributed by atoms with Gasteiger partial charge in [-0.2, -0.15) is 0 Å². The maximum Gasteiger partial charge on any atom is 0.328 e. The lowest BCUT2D eigenvalue weighted by Crippen LogP contribution is -2.43. The molecule has 26 heavy (non-hydrogen) atoms. The van der Waals surface area contributed by atoms with Crippen molar-refractivity contribution in [1.29, 1.82) is 0 Å². The van der Waals surface area contributed by atoms with E-state index in [-0.39, 0.29) is 12.4 Å². The van der Waals surface area contributed by atoms with E-state index >= 15 is 0 Å². The van der Waals surface area contributed by atoms with Crippen LogP contribution in [0.3, 0.4) is 0 Å². The van der Waals surface area contributed by atoms with Crippen LogP contribution in [0.25, 0.3) is 0 Å². The van der Waals surface area contributed by atoms with Gasteiger partial charge in [0.1, 0.15) is 6.04 Å². The van der Waals surface area contributed by atoms with Crippen LogP contribution in [0.2, 0.25) is 5.02 Å². The zero-order chi connectivity index (χ0) is 18.6. The highest BCUT2D eigenvalue weighted by atomic mass is 35.5. The topological polar surface area (TPSA) is 81.4 Å². The molecule has 2 rings (SSSR count). The number of carbonyl (C=O) groups excluding carboxylic acids is 2. The van der Waals surface area contributed by atoms with Gasteiger partial charge in [-0.3, -0.25) is 4.79 Å². The van der Waals surface area contributed by atoms with E-state index in [0.717, 1.165) is 16.7 Å². The maximum atomic E-state index is 12.6. The van der Waals surface area contributed by atoms with Gasteiger partial charge >= 0.3 is 5.97 Å². The Kier molecular flexibility index (Phi) is 7.93. The number of hydrogen-bond donors (Lipinski definition) is 2. The number of halogens is 2. The Hall–Kier alpha value is -2.24. The first-order valence-corrected chi connectivity index (χ1v) is 8.20. The number of carbonyl (C=O) groups is 2. The number of methoxy groups -OCH3 is 1. The van der Waals surface area contributed by atoms with Gasteiger partial charge in [-0.25, -0.2) is 4.79 Å². The molecule has 3 N–H and O–H groups in total. The SMILES string of the molecule is COC(=O)[C@H](Cc1ccc(N)c(C)c1)NC(=O)c1c(C)cccc1Cl.Cl. The van der Waals surface area contributed by atoms with E-state index in [0.29, 0.717) is 22.7 Å². The molecule has 2 aromatic carbocycles. The molecule has 1 amide bonds. The summed E-state index contributed by atoms with van der Waals surface area (Å²) in [4.78, 5) is 24.7. The van der Waals surface area contributed by atoms with Gasteiger partial charge in [-0.15, -0.1) is 12.4 Å². The molecule has 0 unspecified atom stereocenters. The lowest BCUT2D eigenvalue weighted by Gasteiger charge is -2.18. The minimum absolute atomic E-state index is 0. The van der Waals surface area contributed by atoms with Crippen molar-refractivity contribution in [2.45, 2.75) is 26.3 Å². The lowest BCUT2D eigenvalue weighted by molar-refractivity contribution is -0.142. The van der Waals surface area contributed by atoms with Crippen LogP contribution >= 0.6 is 24.0 Å². The normalized spacial score (nSPS) is 11.2. The summed E-state index contributed by atoms with van der Waals surface area (Å²) in [7, 11) is 1.29. The second-order valence-electron chi connectivity index (χ2n) is 5.88. The van der Waals surface area contributed by atoms with Crippen LogP contribution in [0.15, 0.2) is 36.4 Å². The molecule has 7 heteroatoms. The van der Waals surface area contributed by atoms with Gasteiger partial charge in [-0.05, 0) is 42.7 Å². The smallest absolute Gasteiger partial charge is 0.328 e. The molecule has 5 nitrogen and oxygen atoms in total. The minimum Gasteiger partial charge on any atom is -0.467 e. The Morgan fingerprint density at radius 1 is 1.19 bits per heavy atom. The summed E-state index contributed by atoms with van der Waals surface area (Å²) in [6.45, 7) is 3.68. The molecule has 1 atom stereocenters. The molecule has 0 spiro atoms. The molecule has 140 valence electrons. The Bertz CT molecular complexity index is 789. The molecule has 0 aromatic heterocycles. The molecule has 0 saturated heterocycles. The molecule has 0 aliphatic heterocycles. The number of nitrogens with one attached hydrogen (secondary N) is 1. The fourth-order valence-corrected chi connectivity index (χ4v) is 2.89. The predicted molar refractivity (Wildman–Crippen MR) is 106 cm³/mol. The van der Waals surface area contributed by atoms with E-state index in [1.807, 2.05) is 19.1 Å². The zero-order valence-electron chi connectivity index (χ0n) is 14.8. The van der Waals surface area contributed by atoms with Gasteiger partial charge < -0.3 is 15.8 Å². The number of nitrogen functional groups attached to an aromatic ring is 1. The molecule has 0 radical (unpaired) electrons. The lowest BCUT2D eigenvalue weighted by atomic mass is 10.0. The predicted octanol–water partition coefficient (Wildman–Crippen LogP) is 3.47. The van der Waals surface area contributed by atoms with Crippen molar-refractivity contribution in [3.05, 3.63) is 63.7 Å². The van der Waals surface area contributed by atoms with Crippen LogP contribution in [0, 0.1) is 13.8 Å². The van der Waals surface area contributed by atoms with E-state index in [9.17, 15) is 9.59 Å². The highest BCUT2D eigenvalue weighted by Crippen LogP contribution is 2.20. The van der Waals surface area contributed by atoms with Crippen LogP contribution in [0.4, 0.5) is 5.69 Å². The summed E-state index contributed by atoms with van der Waals surface area (Å²) >= 11 is 6.13. The first kappa shape index (κ1) is 21.8. The highest BCUT2D eigenvalue weighted by Gasteiger charge is 2.24. The molecule has 0 aliphatic carbocycles. The van der Waals surface area contributed by atoms with Crippen molar-refractivity contribution < 1.29 is 14.3 Å². The Morgan fingerprint density at radius 3 is 2.46 bits per heavy atom. The summed E-state index contributed by atoms with van der Waals surface area (Å²) in [5.74, 6) is -0.932. The summed E-state index contributed by atoms with van der Waals surface area (Å²) in [6.07, 6.45) is 0.295. The van der Waals surface area contributed by atoms with Crippen LogP contribution < -0.4 is 11.1 Å². The molecule has 0 bridgehead atoms. The zero-order valence-corrected chi connectivity index (χ0v) is 16.4. The third-order valence-electron chi connectivity index (χ3n) is 4.01. The third kappa shape index (κ3) is 5.13. The van der Waals surface area contributed by atoms with Gasteiger partial charge in [0, 0.05) is 12.1 Å². The molecular formula is C19H22Cl2N2O3. The number of aryl methyl sites for hydroxylation is 2. The van der Waals surface area contributed by atoms with Crippen LogP contribution in [-0.4, -0.2) is 25.0 Å². The fraction of sp³-hybridized carbons (Fsp3) is 0.263. The molecule has 0 saturated carbocycles. The average molecular weight is 397 g/mol. The minimum atomic E-state index is -0.823.